The quantitative estimate of drug-likeness (QED) is 0.610. The van der Waals surface area contributed by atoms with Crippen LogP contribution in [0.15, 0.2) is 42.5 Å². The molecule has 8 nitrogen and oxygen atoms in total. The smallest absolute Gasteiger partial charge is 0.271 e. The number of fused-ring (bicyclic) bond motifs is 1. The minimum atomic E-state index is -0.501. The van der Waals surface area contributed by atoms with Gasteiger partial charge in [0, 0.05) is 25.6 Å². The van der Waals surface area contributed by atoms with Crippen LogP contribution in [0.4, 0.5) is 11.4 Å². The largest absolute Gasteiger partial charge is 0.497 e. The van der Waals surface area contributed by atoms with E-state index in [2.05, 4.69) is 5.32 Å². The predicted octanol–water partition coefficient (Wildman–Crippen LogP) is 2.76. The summed E-state index contributed by atoms with van der Waals surface area (Å²) in [4.78, 5) is 36.7. The van der Waals surface area contributed by atoms with Gasteiger partial charge in [-0.2, -0.15) is 0 Å². The summed E-state index contributed by atoms with van der Waals surface area (Å²) in [5, 5.41) is 13.9. The van der Waals surface area contributed by atoms with Gasteiger partial charge in [0.1, 0.15) is 5.75 Å². The summed E-state index contributed by atoms with van der Waals surface area (Å²) >= 11 is 0. The highest BCUT2D eigenvalue weighted by Gasteiger charge is 2.29. The number of hydrogen-bond acceptors (Lipinski definition) is 5. The maximum absolute atomic E-state index is 13.0. The second-order valence-corrected chi connectivity index (χ2v) is 6.60. The number of non-ortho nitro benzene ring substituents is 1. The number of anilines is 1. The van der Waals surface area contributed by atoms with Crippen LogP contribution in [0.5, 0.6) is 5.75 Å². The minimum absolute atomic E-state index is 0.0491. The van der Waals surface area contributed by atoms with Crippen molar-refractivity contribution in [3.8, 4) is 5.75 Å². The van der Waals surface area contributed by atoms with Gasteiger partial charge in [-0.25, -0.2) is 0 Å². The summed E-state index contributed by atoms with van der Waals surface area (Å²) in [7, 11) is 1.56. The molecule has 2 aromatic carbocycles. The maximum Gasteiger partial charge on any atom is 0.271 e. The summed E-state index contributed by atoms with van der Waals surface area (Å²) in [5.41, 5.74) is 2.20. The third kappa shape index (κ3) is 4.11. The zero-order valence-electron chi connectivity index (χ0n) is 15.7. The Bertz CT molecular complexity index is 911. The van der Waals surface area contributed by atoms with Crippen molar-refractivity contribution in [2.24, 2.45) is 0 Å². The average molecular weight is 383 g/mol. The van der Waals surface area contributed by atoms with Gasteiger partial charge in [0.25, 0.3) is 5.69 Å². The molecule has 2 aromatic rings. The van der Waals surface area contributed by atoms with Gasteiger partial charge in [0.2, 0.25) is 11.8 Å². The summed E-state index contributed by atoms with van der Waals surface area (Å²) in [5.74, 6) is 0.234. The third-order valence-corrected chi connectivity index (χ3v) is 4.75. The minimum Gasteiger partial charge on any atom is -0.497 e. The molecule has 1 unspecified atom stereocenters. The standard InChI is InChI=1S/C20H21N3O5/c1-13(24)21-18(14-4-7-17(28-2)8-5-14)12-20(25)22-10-9-15-3-6-16(23(26)27)11-19(15)22/h3-8,11,18H,9-10,12H2,1-2H3,(H,21,24). The Morgan fingerprint density at radius 2 is 1.96 bits per heavy atom. The van der Waals surface area contributed by atoms with Crippen LogP contribution in [0.25, 0.3) is 0 Å². The fraction of sp³-hybridized carbons (Fsp3) is 0.300. The lowest BCUT2D eigenvalue weighted by Gasteiger charge is -2.23. The zero-order chi connectivity index (χ0) is 20.3. The highest BCUT2D eigenvalue weighted by Crippen LogP contribution is 2.33. The number of nitrogens with one attached hydrogen (secondary N) is 1. The summed E-state index contributed by atoms with van der Waals surface area (Å²) in [6.07, 6.45) is 0.695. The molecule has 0 saturated carbocycles. The number of methoxy groups -OCH3 is 1. The molecule has 1 atom stereocenters. The van der Waals surface area contributed by atoms with Crippen LogP contribution in [-0.4, -0.2) is 30.4 Å². The first-order chi connectivity index (χ1) is 13.4. The Kier molecular flexibility index (Phi) is 5.58. The molecule has 28 heavy (non-hydrogen) atoms. The van der Waals surface area contributed by atoms with Crippen molar-refractivity contribution in [3.05, 3.63) is 63.7 Å². The Labute approximate surface area is 162 Å². The topological polar surface area (TPSA) is 102 Å². The molecule has 8 heteroatoms. The zero-order valence-corrected chi connectivity index (χ0v) is 15.7. The van der Waals surface area contributed by atoms with Crippen molar-refractivity contribution in [2.45, 2.75) is 25.8 Å². The van der Waals surface area contributed by atoms with E-state index in [1.807, 2.05) is 0 Å². The van der Waals surface area contributed by atoms with E-state index in [0.29, 0.717) is 24.4 Å². The summed E-state index contributed by atoms with van der Waals surface area (Å²) in [6, 6.07) is 11.2. The van der Waals surface area contributed by atoms with Gasteiger partial charge < -0.3 is 15.0 Å². The number of amides is 2. The van der Waals surface area contributed by atoms with E-state index < -0.39 is 11.0 Å². The molecule has 0 aromatic heterocycles. The maximum atomic E-state index is 13.0. The van der Waals surface area contributed by atoms with Crippen molar-refractivity contribution in [1.82, 2.24) is 5.32 Å². The number of carbonyl (C=O) groups is 2. The molecule has 3 rings (SSSR count). The van der Waals surface area contributed by atoms with Crippen molar-refractivity contribution >= 4 is 23.2 Å². The number of carbonyl (C=O) groups excluding carboxylic acids is 2. The molecule has 1 heterocycles. The van der Waals surface area contributed by atoms with E-state index in [9.17, 15) is 19.7 Å². The Morgan fingerprint density at radius 1 is 1.25 bits per heavy atom. The molecular weight excluding hydrogens is 362 g/mol. The van der Waals surface area contributed by atoms with Gasteiger partial charge in [0.15, 0.2) is 0 Å². The normalized spacial score (nSPS) is 13.6. The number of nitro groups is 1. The lowest BCUT2D eigenvalue weighted by molar-refractivity contribution is -0.384. The second kappa shape index (κ2) is 8.08. The lowest BCUT2D eigenvalue weighted by Crippen LogP contribution is -2.35. The van der Waals surface area contributed by atoms with E-state index in [0.717, 1.165) is 11.1 Å². The third-order valence-electron chi connectivity index (χ3n) is 4.75. The number of hydrogen-bond donors (Lipinski definition) is 1. The van der Waals surface area contributed by atoms with Crippen LogP contribution in [-0.2, 0) is 16.0 Å². The van der Waals surface area contributed by atoms with Gasteiger partial charge in [-0.1, -0.05) is 18.2 Å². The molecule has 0 aliphatic carbocycles. The Balaban J connectivity index is 1.82. The Morgan fingerprint density at radius 3 is 2.57 bits per heavy atom. The highest BCUT2D eigenvalue weighted by molar-refractivity contribution is 5.96. The van der Waals surface area contributed by atoms with Gasteiger partial charge >= 0.3 is 0 Å². The number of ether oxygens (including phenoxy) is 1. The molecule has 0 saturated heterocycles. The molecule has 1 aliphatic rings. The molecule has 0 radical (unpaired) electrons. The number of nitro benzene ring substituents is 1. The first-order valence-electron chi connectivity index (χ1n) is 8.87. The van der Waals surface area contributed by atoms with Crippen LogP contribution in [0.2, 0.25) is 0 Å². The first kappa shape index (κ1) is 19.3. The van der Waals surface area contributed by atoms with E-state index >= 15 is 0 Å². The Hall–Kier alpha value is -3.42. The fourth-order valence-electron chi connectivity index (χ4n) is 3.36. The number of nitrogens with zero attached hydrogens (tertiary/aromatic N) is 2. The van der Waals surface area contributed by atoms with E-state index in [4.69, 9.17) is 4.74 Å². The molecule has 0 fully saturated rings. The van der Waals surface area contributed by atoms with Crippen molar-refractivity contribution in [3.63, 3.8) is 0 Å². The fourth-order valence-corrected chi connectivity index (χ4v) is 3.36. The SMILES string of the molecule is COc1ccc(C(CC(=O)N2CCc3ccc([N+](=O)[O-])cc32)NC(C)=O)cc1. The molecule has 1 aliphatic heterocycles. The van der Waals surface area contributed by atoms with Gasteiger partial charge in [-0.05, 0) is 29.7 Å². The molecular formula is C20H21N3O5. The predicted molar refractivity (Wildman–Crippen MR) is 103 cm³/mol. The average Bonchev–Trinajstić information content (AvgIpc) is 3.10. The molecule has 0 spiro atoms. The lowest BCUT2D eigenvalue weighted by atomic mass is 10.0. The van der Waals surface area contributed by atoms with Crippen LogP contribution >= 0.6 is 0 Å². The number of benzene rings is 2. The number of rotatable bonds is 6. The molecule has 0 bridgehead atoms. The van der Waals surface area contributed by atoms with Crippen molar-refractivity contribution < 1.29 is 19.2 Å². The summed E-state index contributed by atoms with van der Waals surface area (Å²) in [6.45, 7) is 1.86. The van der Waals surface area contributed by atoms with Crippen LogP contribution in [0, 0.1) is 10.1 Å². The van der Waals surface area contributed by atoms with E-state index in [-0.39, 0.29) is 23.9 Å². The van der Waals surface area contributed by atoms with E-state index in [1.54, 1.807) is 42.3 Å². The monoisotopic (exact) mass is 383 g/mol. The summed E-state index contributed by atoms with van der Waals surface area (Å²) < 4.78 is 5.14. The highest BCUT2D eigenvalue weighted by atomic mass is 16.6. The van der Waals surface area contributed by atoms with Gasteiger partial charge in [-0.3, -0.25) is 19.7 Å². The van der Waals surface area contributed by atoms with E-state index in [1.165, 1.54) is 19.1 Å². The molecule has 1 N–H and O–H groups in total. The molecule has 146 valence electrons. The van der Waals surface area contributed by atoms with Crippen molar-refractivity contribution in [2.75, 3.05) is 18.6 Å². The van der Waals surface area contributed by atoms with Crippen LogP contribution in [0.1, 0.15) is 30.5 Å². The van der Waals surface area contributed by atoms with Gasteiger partial charge in [-0.15, -0.1) is 0 Å². The van der Waals surface area contributed by atoms with Gasteiger partial charge in [0.05, 0.1) is 30.2 Å². The van der Waals surface area contributed by atoms with Crippen LogP contribution < -0.4 is 15.0 Å². The van der Waals surface area contributed by atoms with Crippen molar-refractivity contribution in [1.29, 1.82) is 0 Å². The molecule has 2 amide bonds. The second-order valence-electron chi connectivity index (χ2n) is 6.60. The first-order valence-corrected chi connectivity index (χ1v) is 8.87. The van der Waals surface area contributed by atoms with Crippen LogP contribution in [0.3, 0.4) is 0 Å².